The normalized spacial score (nSPS) is 10.4. The van der Waals surface area contributed by atoms with Crippen LogP contribution in [0.2, 0.25) is 0 Å². The monoisotopic (exact) mass is 272 g/mol. The highest BCUT2D eigenvalue weighted by Crippen LogP contribution is 2.28. The minimum Gasteiger partial charge on any atom is -0.497 e. The summed E-state index contributed by atoms with van der Waals surface area (Å²) in [7, 11) is 1.65. The van der Waals surface area contributed by atoms with Crippen LogP contribution in [-0.2, 0) is 0 Å². The van der Waals surface area contributed by atoms with E-state index in [0.29, 0.717) is 11.4 Å². The van der Waals surface area contributed by atoms with E-state index in [0.717, 1.165) is 17.1 Å². The van der Waals surface area contributed by atoms with Gasteiger partial charge >= 0.3 is 0 Å². The summed E-state index contributed by atoms with van der Waals surface area (Å²) in [6.45, 7) is 3.95. The molecule has 2 aromatic carbocycles. The third-order valence-electron chi connectivity index (χ3n) is 2.75. The van der Waals surface area contributed by atoms with Crippen molar-refractivity contribution in [1.82, 2.24) is 0 Å². The van der Waals surface area contributed by atoms with Crippen LogP contribution in [0.25, 0.3) is 0 Å². The lowest BCUT2D eigenvalue weighted by molar-refractivity contribution is 0.244. The molecule has 106 valence electrons. The van der Waals surface area contributed by atoms with Gasteiger partial charge in [0.05, 0.1) is 18.9 Å². The van der Waals surface area contributed by atoms with Crippen LogP contribution < -0.4 is 20.5 Å². The second-order valence-corrected chi connectivity index (χ2v) is 4.77. The summed E-state index contributed by atoms with van der Waals surface area (Å²) in [5.74, 6) is 1.52. The molecule has 0 aliphatic carbocycles. The molecule has 0 radical (unpaired) electrons. The van der Waals surface area contributed by atoms with Crippen LogP contribution in [0, 0.1) is 0 Å². The van der Waals surface area contributed by atoms with Gasteiger partial charge in [-0.25, -0.2) is 0 Å². The first-order chi connectivity index (χ1) is 9.58. The van der Waals surface area contributed by atoms with Gasteiger partial charge in [-0.2, -0.15) is 0 Å². The second-order valence-electron chi connectivity index (χ2n) is 4.77. The molecular weight excluding hydrogens is 252 g/mol. The molecule has 0 aliphatic rings. The largest absolute Gasteiger partial charge is 0.497 e. The van der Waals surface area contributed by atoms with Crippen LogP contribution in [0.3, 0.4) is 0 Å². The van der Waals surface area contributed by atoms with Crippen molar-refractivity contribution in [2.75, 3.05) is 18.2 Å². The Balaban J connectivity index is 2.16. The Morgan fingerprint density at radius 1 is 1.00 bits per heavy atom. The lowest BCUT2D eigenvalue weighted by Gasteiger charge is -2.14. The van der Waals surface area contributed by atoms with Crippen molar-refractivity contribution >= 4 is 17.1 Å². The number of anilines is 3. The molecular formula is C16H20N2O2. The summed E-state index contributed by atoms with van der Waals surface area (Å²) in [5.41, 5.74) is 8.45. The maximum absolute atomic E-state index is 5.90. The van der Waals surface area contributed by atoms with Crippen LogP contribution >= 0.6 is 0 Å². The average molecular weight is 272 g/mol. The molecule has 0 spiro atoms. The number of nitrogens with one attached hydrogen (secondary N) is 1. The molecule has 0 fully saturated rings. The third-order valence-corrected chi connectivity index (χ3v) is 2.75. The number of hydrogen-bond acceptors (Lipinski definition) is 4. The van der Waals surface area contributed by atoms with E-state index in [1.807, 2.05) is 56.3 Å². The average Bonchev–Trinajstić information content (AvgIpc) is 2.43. The van der Waals surface area contributed by atoms with Gasteiger partial charge in [-0.15, -0.1) is 0 Å². The smallest absolute Gasteiger partial charge is 0.144 e. The standard InChI is InChI=1S/C16H20N2O2/c1-11(2)20-16-10-13(6-9-15(16)17)18-12-4-7-14(19-3)8-5-12/h4-11,18H,17H2,1-3H3. The van der Waals surface area contributed by atoms with Crippen molar-refractivity contribution in [3.63, 3.8) is 0 Å². The van der Waals surface area contributed by atoms with Gasteiger partial charge in [-0.05, 0) is 50.2 Å². The maximum atomic E-state index is 5.90. The first kappa shape index (κ1) is 14.1. The Hall–Kier alpha value is -2.36. The number of nitrogens with two attached hydrogens (primary N) is 1. The van der Waals surface area contributed by atoms with Crippen LogP contribution in [0.1, 0.15) is 13.8 Å². The van der Waals surface area contributed by atoms with Crippen LogP contribution in [-0.4, -0.2) is 13.2 Å². The summed E-state index contributed by atoms with van der Waals surface area (Å²) in [5, 5.41) is 3.30. The van der Waals surface area contributed by atoms with Gasteiger partial charge in [-0.3, -0.25) is 0 Å². The zero-order chi connectivity index (χ0) is 14.5. The molecule has 0 amide bonds. The van der Waals surface area contributed by atoms with E-state index in [4.69, 9.17) is 15.2 Å². The van der Waals surface area contributed by atoms with Gasteiger partial charge < -0.3 is 20.5 Å². The SMILES string of the molecule is COc1ccc(Nc2ccc(N)c(OC(C)C)c2)cc1. The highest BCUT2D eigenvalue weighted by atomic mass is 16.5. The summed E-state index contributed by atoms with van der Waals surface area (Å²) in [4.78, 5) is 0. The molecule has 0 saturated carbocycles. The first-order valence-corrected chi connectivity index (χ1v) is 6.55. The lowest BCUT2D eigenvalue weighted by Crippen LogP contribution is -2.07. The highest BCUT2D eigenvalue weighted by Gasteiger charge is 2.05. The number of ether oxygens (including phenoxy) is 2. The number of rotatable bonds is 5. The van der Waals surface area contributed by atoms with Gasteiger partial charge in [0.15, 0.2) is 0 Å². The Morgan fingerprint density at radius 3 is 2.25 bits per heavy atom. The molecule has 3 N–H and O–H groups in total. The van der Waals surface area contributed by atoms with Crippen molar-refractivity contribution in [3.05, 3.63) is 42.5 Å². The van der Waals surface area contributed by atoms with Gasteiger partial charge in [0, 0.05) is 17.4 Å². The van der Waals surface area contributed by atoms with Gasteiger partial charge in [0.1, 0.15) is 11.5 Å². The molecule has 4 heteroatoms. The molecule has 0 saturated heterocycles. The van der Waals surface area contributed by atoms with Crippen molar-refractivity contribution in [1.29, 1.82) is 0 Å². The van der Waals surface area contributed by atoms with Crippen LogP contribution in [0.4, 0.5) is 17.1 Å². The Bertz CT molecular complexity index is 565. The maximum Gasteiger partial charge on any atom is 0.144 e. The summed E-state index contributed by atoms with van der Waals surface area (Å²) < 4.78 is 10.8. The van der Waals surface area contributed by atoms with Gasteiger partial charge in [-0.1, -0.05) is 0 Å². The van der Waals surface area contributed by atoms with E-state index in [1.54, 1.807) is 7.11 Å². The van der Waals surface area contributed by atoms with Gasteiger partial charge in [0.25, 0.3) is 0 Å². The van der Waals surface area contributed by atoms with Crippen molar-refractivity contribution in [3.8, 4) is 11.5 Å². The molecule has 0 aliphatic heterocycles. The zero-order valence-electron chi connectivity index (χ0n) is 12.0. The summed E-state index contributed by atoms with van der Waals surface area (Å²) >= 11 is 0. The third kappa shape index (κ3) is 3.57. The number of hydrogen-bond donors (Lipinski definition) is 2. The minimum atomic E-state index is 0.0912. The lowest BCUT2D eigenvalue weighted by atomic mass is 10.2. The predicted octanol–water partition coefficient (Wildman–Crippen LogP) is 3.81. The van der Waals surface area contributed by atoms with Gasteiger partial charge in [0.2, 0.25) is 0 Å². The van der Waals surface area contributed by atoms with E-state index >= 15 is 0 Å². The fourth-order valence-electron chi connectivity index (χ4n) is 1.81. The number of nitrogen functional groups attached to an aromatic ring is 1. The summed E-state index contributed by atoms with van der Waals surface area (Å²) in [6, 6.07) is 13.4. The summed E-state index contributed by atoms with van der Waals surface area (Å²) in [6.07, 6.45) is 0.0912. The number of benzene rings is 2. The highest BCUT2D eigenvalue weighted by molar-refractivity contribution is 5.67. The zero-order valence-corrected chi connectivity index (χ0v) is 12.0. The van der Waals surface area contributed by atoms with Crippen LogP contribution in [0.15, 0.2) is 42.5 Å². The molecule has 2 rings (SSSR count). The molecule has 0 bridgehead atoms. The quantitative estimate of drug-likeness (QED) is 0.813. The first-order valence-electron chi connectivity index (χ1n) is 6.55. The Labute approximate surface area is 119 Å². The van der Waals surface area contributed by atoms with Crippen LogP contribution in [0.5, 0.6) is 11.5 Å². The molecule has 0 atom stereocenters. The molecule has 4 nitrogen and oxygen atoms in total. The van der Waals surface area contributed by atoms with Crippen molar-refractivity contribution in [2.45, 2.75) is 20.0 Å². The molecule has 0 heterocycles. The topological polar surface area (TPSA) is 56.5 Å². The van der Waals surface area contributed by atoms with E-state index < -0.39 is 0 Å². The fraction of sp³-hybridized carbons (Fsp3) is 0.250. The van der Waals surface area contributed by atoms with E-state index in [9.17, 15) is 0 Å². The van der Waals surface area contributed by atoms with Crippen molar-refractivity contribution in [2.24, 2.45) is 0 Å². The van der Waals surface area contributed by atoms with Crippen molar-refractivity contribution < 1.29 is 9.47 Å². The van der Waals surface area contributed by atoms with E-state index in [-0.39, 0.29) is 6.10 Å². The molecule has 20 heavy (non-hydrogen) atoms. The molecule has 2 aromatic rings. The Kier molecular flexibility index (Phi) is 4.35. The fourth-order valence-corrected chi connectivity index (χ4v) is 1.81. The number of methoxy groups -OCH3 is 1. The Morgan fingerprint density at radius 2 is 1.65 bits per heavy atom. The molecule has 0 aromatic heterocycles. The van der Waals surface area contributed by atoms with E-state index in [2.05, 4.69) is 5.32 Å². The van der Waals surface area contributed by atoms with E-state index in [1.165, 1.54) is 0 Å². The second kappa shape index (κ2) is 6.19. The predicted molar refractivity (Wildman–Crippen MR) is 82.9 cm³/mol. The molecule has 0 unspecified atom stereocenters. The minimum absolute atomic E-state index is 0.0912.